The Labute approximate surface area is 135 Å². The van der Waals surface area contributed by atoms with E-state index in [1.807, 2.05) is 30.3 Å². The molecule has 0 spiro atoms. The van der Waals surface area contributed by atoms with Crippen molar-refractivity contribution in [3.8, 4) is 0 Å². The number of benzene rings is 2. The number of carbonyl (C=O) groups is 1. The van der Waals surface area contributed by atoms with Gasteiger partial charge in [0.2, 0.25) is 0 Å². The van der Waals surface area contributed by atoms with Crippen molar-refractivity contribution in [1.29, 1.82) is 0 Å². The molecule has 3 aromatic rings. The molecule has 0 amide bonds. The lowest BCUT2D eigenvalue weighted by Crippen LogP contribution is -2.09. The van der Waals surface area contributed by atoms with E-state index in [0.29, 0.717) is 19.8 Å². The molecule has 23 heavy (non-hydrogen) atoms. The number of carbonyl (C=O) groups excluding carboxylic acids is 1. The van der Waals surface area contributed by atoms with Gasteiger partial charge in [-0.25, -0.2) is 0 Å². The van der Waals surface area contributed by atoms with E-state index >= 15 is 0 Å². The fourth-order valence-electron chi connectivity index (χ4n) is 2.91. The predicted octanol–water partition coefficient (Wildman–Crippen LogP) is 3.66. The zero-order valence-electron chi connectivity index (χ0n) is 13.5. The van der Waals surface area contributed by atoms with Crippen LogP contribution >= 0.6 is 0 Å². The minimum absolute atomic E-state index is 0.0895. The topological polar surface area (TPSA) is 40.5 Å². The lowest BCUT2D eigenvalue weighted by atomic mass is 10.1. The third-order valence-electron chi connectivity index (χ3n) is 4.07. The molecule has 0 bridgehead atoms. The number of ketones is 1. The number of rotatable bonds is 7. The van der Waals surface area contributed by atoms with Crippen molar-refractivity contribution in [2.45, 2.75) is 13.5 Å². The van der Waals surface area contributed by atoms with E-state index < -0.39 is 0 Å². The summed E-state index contributed by atoms with van der Waals surface area (Å²) in [5.41, 5.74) is 3.04. The number of hydrogen-bond acceptors (Lipinski definition) is 3. The molecule has 1 heterocycles. The van der Waals surface area contributed by atoms with Crippen LogP contribution in [-0.4, -0.2) is 37.3 Å². The van der Waals surface area contributed by atoms with Gasteiger partial charge in [-0.1, -0.05) is 18.2 Å². The highest BCUT2D eigenvalue weighted by atomic mass is 16.5. The van der Waals surface area contributed by atoms with Gasteiger partial charge >= 0.3 is 0 Å². The molecule has 0 aliphatic carbocycles. The maximum absolute atomic E-state index is 11.7. The molecular weight excluding hydrogens is 290 g/mol. The molecule has 0 saturated carbocycles. The first kappa shape index (κ1) is 15.7. The Morgan fingerprint density at radius 3 is 2.57 bits per heavy atom. The van der Waals surface area contributed by atoms with Gasteiger partial charge in [-0.05, 0) is 31.2 Å². The Morgan fingerprint density at radius 2 is 1.78 bits per heavy atom. The number of para-hydroxylation sites is 1. The van der Waals surface area contributed by atoms with E-state index in [1.54, 1.807) is 14.0 Å². The maximum atomic E-state index is 11.7. The molecule has 2 aromatic carbocycles. The van der Waals surface area contributed by atoms with Crippen LogP contribution in [0.1, 0.15) is 17.3 Å². The van der Waals surface area contributed by atoms with Crippen LogP contribution in [0.2, 0.25) is 0 Å². The van der Waals surface area contributed by atoms with Gasteiger partial charge < -0.3 is 14.0 Å². The van der Waals surface area contributed by atoms with Crippen molar-refractivity contribution in [3.63, 3.8) is 0 Å². The standard InChI is InChI=1S/C19H21NO3/c1-14(21)15-7-8-19-17(13-15)16-5-3-4-6-18(16)20(19)9-10-23-12-11-22-2/h3-8,13H,9-12H2,1-2H3. The van der Waals surface area contributed by atoms with Crippen LogP contribution in [0.3, 0.4) is 0 Å². The second-order valence-electron chi connectivity index (χ2n) is 5.56. The molecule has 0 aliphatic rings. The zero-order chi connectivity index (χ0) is 16.2. The second-order valence-corrected chi connectivity index (χ2v) is 5.56. The summed E-state index contributed by atoms with van der Waals surface area (Å²) in [6.45, 7) is 4.21. The molecule has 0 N–H and O–H groups in total. The largest absolute Gasteiger partial charge is 0.382 e. The van der Waals surface area contributed by atoms with E-state index in [-0.39, 0.29) is 5.78 Å². The minimum Gasteiger partial charge on any atom is -0.382 e. The fourth-order valence-corrected chi connectivity index (χ4v) is 2.91. The molecule has 4 nitrogen and oxygen atoms in total. The molecule has 4 heteroatoms. The molecule has 1 aromatic heterocycles. The number of ether oxygens (including phenoxy) is 2. The summed E-state index contributed by atoms with van der Waals surface area (Å²) in [4.78, 5) is 11.7. The van der Waals surface area contributed by atoms with Gasteiger partial charge in [-0.15, -0.1) is 0 Å². The van der Waals surface area contributed by atoms with Crippen LogP contribution in [-0.2, 0) is 16.0 Å². The van der Waals surface area contributed by atoms with E-state index in [9.17, 15) is 4.79 Å². The highest BCUT2D eigenvalue weighted by Crippen LogP contribution is 2.29. The van der Waals surface area contributed by atoms with Gasteiger partial charge in [0.05, 0.1) is 19.8 Å². The predicted molar refractivity (Wildman–Crippen MR) is 92.1 cm³/mol. The number of Topliss-reactive ketones (excluding diaryl/α,β-unsaturated/α-hetero) is 1. The monoisotopic (exact) mass is 311 g/mol. The van der Waals surface area contributed by atoms with Crippen molar-refractivity contribution in [3.05, 3.63) is 48.0 Å². The van der Waals surface area contributed by atoms with E-state index in [4.69, 9.17) is 9.47 Å². The van der Waals surface area contributed by atoms with E-state index in [0.717, 1.165) is 23.0 Å². The maximum Gasteiger partial charge on any atom is 0.159 e. The SMILES string of the molecule is COCCOCCn1c2ccccc2c2cc(C(C)=O)ccc21. The first-order chi connectivity index (χ1) is 11.2. The normalized spacial score (nSPS) is 11.4. The molecule has 0 fully saturated rings. The first-order valence-corrected chi connectivity index (χ1v) is 7.81. The average Bonchev–Trinajstić information content (AvgIpc) is 2.88. The second kappa shape index (κ2) is 6.94. The summed E-state index contributed by atoms with van der Waals surface area (Å²) in [6.07, 6.45) is 0. The number of aromatic nitrogens is 1. The number of fused-ring (bicyclic) bond motifs is 3. The van der Waals surface area contributed by atoms with Gasteiger partial charge in [0, 0.05) is 41.0 Å². The molecule has 0 unspecified atom stereocenters. The summed E-state index contributed by atoms with van der Waals surface area (Å²) in [5, 5.41) is 2.28. The Hall–Kier alpha value is -2.17. The smallest absolute Gasteiger partial charge is 0.159 e. The average molecular weight is 311 g/mol. The van der Waals surface area contributed by atoms with Crippen molar-refractivity contribution in [2.24, 2.45) is 0 Å². The third-order valence-corrected chi connectivity index (χ3v) is 4.07. The quantitative estimate of drug-likeness (QED) is 0.494. The zero-order valence-corrected chi connectivity index (χ0v) is 13.5. The van der Waals surface area contributed by atoms with Crippen molar-refractivity contribution < 1.29 is 14.3 Å². The Kier molecular flexibility index (Phi) is 4.74. The van der Waals surface area contributed by atoms with Crippen molar-refractivity contribution >= 4 is 27.6 Å². The molecule has 3 rings (SSSR count). The Bertz CT molecular complexity index is 835. The summed E-state index contributed by atoms with van der Waals surface area (Å²) in [5.74, 6) is 0.0895. The van der Waals surface area contributed by atoms with Gasteiger partial charge in [0.15, 0.2) is 5.78 Å². The van der Waals surface area contributed by atoms with Crippen LogP contribution in [0, 0.1) is 0 Å². The molecule has 0 saturated heterocycles. The van der Waals surface area contributed by atoms with Gasteiger partial charge in [0.1, 0.15) is 0 Å². The van der Waals surface area contributed by atoms with Gasteiger partial charge in [-0.3, -0.25) is 4.79 Å². The Morgan fingerprint density at radius 1 is 1.00 bits per heavy atom. The van der Waals surface area contributed by atoms with Crippen LogP contribution in [0.25, 0.3) is 21.8 Å². The van der Waals surface area contributed by atoms with E-state index in [2.05, 4.69) is 16.7 Å². The molecule has 0 aliphatic heterocycles. The van der Waals surface area contributed by atoms with Crippen molar-refractivity contribution in [2.75, 3.05) is 26.9 Å². The van der Waals surface area contributed by atoms with Crippen LogP contribution < -0.4 is 0 Å². The van der Waals surface area contributed by atoms with Gasteiger partial charge in [0.25, 0.3) is 0 Å². The fraction of sp³-hybridized carbons (Fsp3) is 0.316. The summed E-state index contributed by atoms with van der Waals surface area (Å²) < 4.78 is 12.9. The number of methoxy groups -OCH3 is 1. The minimum atomic E-state index is 0.0895. The van der Waals surface area contributed by atoms with Gasteiger partial charge in [-0.2, -0.15) is 0 Å². The van der Waals surface area contributed by atoms with Crippen molar-refractivity contribution in [1.82, 2.24) is 4.57 Å². The molecule has 0 atom stereocenters. The number of hydrogen-bond donors (Lipinski definition) is 0. The van der Waals surface area contributed by atoms with E-state index in [1.165, 1.54) is 10.9 Å². The Balaban J connectivity index is 1.99. The molecule has 0 radical (unpaired) electrons. The first-order valence-electron chi connectivity index (χ1n) is 7.81. The highest BCUT2D eigenvalue weighted by Gasteiger charge is 2.11. The van der Waals surface area contributed by atoms with Crippen LogP contribution in [0.5, 0.6) is 0 Å². The summed E-state index contributed by atoms with van der Waals surface area (Å²) in [6, 6.07) is 14.2. The lowest BCUT2D eigenvalue weighted by molar-refractivity contribution is 0.0673. The van der Waals surface area contributed by atoms with Crippen LogP contribution in [0.4, 0.5) is 0 Å². The third kappa shape index (κ3) is 3.14. The summed E-state index contributed by atoms with van der Waals surface area (Å²) in [7, 11) is 1.67. The van der Waals surface area contributed by atoms with Crippen LogP contribution in [0.15, 0.2) is 42.5 Å². The lowest BCUT2D eigenvalue weighted by Gasteiger charge is -2.08. The highest BCUT2D eigenvalue weighted by molar-refractivity contribution is 6.10. The number of nitrogens with zero attached hydrogens (tertiary/aromatic N) is 1. The molecule has 120 valence electrons. The molecular formula is C19H21NO3. The summed E-state index contributed by atoms with van der Waals surface area (Å²) >= 11 is 0.